The van der Waals surface area contributed by atoms with E-state index in [0.717, 1.165) is 0 Å². The van der Waals surface area contributed by atoms with E-state index in [1.165, 1.54) is 0 Å². The molecule has 0 amide bonds. The van der Waals surface area contributed by atoms with E-state index in [9.17, 15) is 4.79 Å². The van der Waals surface area contributed by atoms with Gasteiger partial charge in [-0.1, -0.05) is 0 Å². The Morgan fingerprint density at radius 2 is 1.79 bits per heavy atom. The minimum Gasteiger partial charge on any atom is -0.373 e. The van der Waals surface area contributed by atoms with E-state index in [0.29, 0.717) is 16.3 Å². The number of aromatic amines is 2. The quantitative estimate of drug-likeness (QED) is 0.485. The monoisotopic (exact) mass is 212 g/mol. The average molecular weight is 212 g/mol. The lowest BCUT2D eigenvalue weighted by molar-refractivity contribution is 0.655. The first-order valence-electron chi connectivity index (χ1n) is 4.47. The Morgan fingerprint density at radius 3 is 2.50 bits per heavy atom. The molecule has 14 heavy (non-hydrogen) atoms. The van der Waals surface area contributed by atoms with Crippen molar-refractivity contribution in [2.75, 3.05) is 10.6 Å². The number of aromatic nitrogens is 2. The van der Waals surface area contributed by atoms with Crippen LogP contribution in [0.15, 0.2) is 4.79 Å². The number of rotatable bonds is 0. The predicted octanol–water partition coefficient (Wildman–Crippen LogP) is 1.05. The molecule has 5 nitrogen and oxygen atoms in total. The minimum absolute atomic E-state index is 0.185. The lowest BCUT2D eigenvalue weighted by Gasteiger charge is -2.30. The van der Waals surface area contributed by atoms with E-state index in [2.05, 4.69) is 20.6 Å². The maximum Gasteiger partial charge on any atom is 0.277 e. The van der Waals surface area contributed by atoms with Gasteiger partial charge in [0.25, 0.3) is 5.56 Å². The molecule has 1 aromatic heterocycles. The normalized spacial score (nSPS) is 24.7. The molecular formula is C8H12N4OS. The zero-order valence-electron chi connectivity index (χ0n) is 7.97. The second-order valence-corrected chi connectivity index (χ2v) is 3.93. The summed E-state index contributed by atoms with van der Waals surface area (Å²) in [6.45, 7) is 4.06. The fourth-order valence-electron chi connectivity index (χ4n) is 1.44. The largest absolute Gasteiger partial charge is 0.373 e. The van der Waals surface area contributed by atoms with Gasteiger partial charge in [0.2, 0.25) is 0 Å². The molecule has 0 bridgehead atoms. The molecule has 1 aliphatic heterocycles. The van der Waals surface area contributed by atoms with Crippen LogP contribution in [0.1, 0.15) is 13.8 Å². The zero-order valence-corrected chi connectivity index (χ0v) is 8.79. The van der Waals surface area contributed by atoms with Crippen LogP contribution in [-0.2, 0) is 0 Å². The third-order valence-electron chi connectivity index (χ3n) is 2.44. The van der Waals surface area contributed by atoms with Crippen LogP contribution in [-0.4, -0.2) is 22.1 Å². The minimum atomic E-state index is -0.185. The summed E-state index contributed by atoms with van der Waals surface area (Å²) in [7, 11) is 0. The van der Waals surface area contributed by atoms with Crippen LogP contribution >= 0.6 is 12.2 Å². The van der Waals surface area contributed by atoms with Crippen molar-refractivity contribution in [3.05, 3.63) is 15.1 Å². The highest BCUT2D eigenvalue weighted by molar-refractivity contribution is 7.71. The molecule has 1 aliphatic rings. The van der Waals surface area contributed by atoms with Crippen LogP contribution in [0.4, 0.5) is 11.5 Å². The topological polar surface area (TPSA) is 72.7 Å². The molecule has 0 fully saturated rings. The Kier molecular flexibility index (Phi) is 2.07. The standard InChI is InChI=1S/C8H12N4OS/c1-3-4(2)10-6-5(9-3)7(13)12-8(14)11-6/h3-4,9H,1-2H3,(H3,10,11,12,13,14)/t3-,4+/m0/s1. The van der Waals surface area contributed by atoms with Crippen LogP contribution in [0.25, 0.3) is 0 Å². The molecule has 2 atom stereocenters. The molecule has 0 aliphatic carbocycles. The van der Waals surface area contributed by atoms with Crippen molar-refractivity contribution in [1.29, 1.82) is 0 Å². The molecule has 2 heterocycles. The molecule has 0 saturated heterocycles. The van der Waals surface area contributed by atoms with Crippen LogP contribution in [0.3, 0.4) is 0 Å². The maximum atomic E-state index is 11.5. The van der Waals surface area contributed by atoms with Gasteiger partial charge in [-0.3, -0.25) is 9.78 Å². The van der Waals surface area contributed by atoms with Gasteiger partial charge in [-0.15, -0.1) is 0 Å². The molecule has 4 N–H and O–H groups in total. The number of hydrogen-bond acceptors (Lipinski definition) is 4. The first-order chi connectivity index (χ1) is 6.58. The first-order valence-corrected chi connectivity index (χ1v) is 4.88. The Balaban J connectivity index is 2.57. The highest BCUT2D eigenvalue weighted by Gasteiger charge is 2.22. The van der Waals surface area contributed by atoms with Gasteiger partial charge in [0.15, 0.2) is 4.77 Å². The van der Waals surface area contributed by atoms with Crippen molar-refractivity contribution in [3.63, 3.8) is 0 Å². The molecule has 0 radical (unpaired) electrons. The van der Waals surface area contributed by atoms with E-state index in [1.807, 2.05) is 13.8 Å². The van der Waals surface area contributed by atoms with Crippen molar-refractivity contribution in [1.82, 2.24) is 9.97 Å². The highest BCUT2D eigenvalue weighted by Crippen LogP contribution is 2.21. The molecule has 0 unspecified atom stereocenters. The molecule has 2 rings (SSSR count). The van der Waals surface area contributed by atoms with Gasteiger partial charge in [0, 0.05) is 12.1 Å². The SMILES string of the molecule is C[C@@H]1Nc2c([nH]c(=S)[nH]c2=O)N[C@@H]1C. The highest BCUT2D eigenvalue weighted by atomic mass is 32.1. The third-order valence-corrected chi connectivity index (χ3v) is 2.64. The summed E-state index contributed by atoms with van der Waals surface area (Å²) in [5, 5.41) is 6.31. The summed E-state index contributed by atoms with van der Waals surface area (Å²) < 4.78 is 0.338. The summed E-state index contributed by atoms with van der Waals surface area (Å²) in [5.41, 5.74) is 0.346. The van der Waals surface area contributed by atoms with Crippen molar-refractivity contribution in [2.24, 2.45) is 0 Å². The molecule has 6 heteroatoms. The Hall–Kier alpha value is -1.30. The lowest BCUT2D eigenvalue weighted by Crippen LogP contribution is -2.41. The number of fused-ring (bicyclic) bond motifs is 1. The number of hydrogen-bond donors (Lipinski definition) is 4. The van der Waals surface area contributed by atoms with Gasteiger partial charge >= 0.3 is 0 Å². The van der Waals surface area contributed by atoms with Crippen LogP contribution in [0.2, 0.25) is 0 Å². The second-order valence-electron chi connectivity index (χ2n) is 3.52. The Morgan fingerprint density at radius 1 is 1.14 bits per heavy atom. The van der Waals surface area contributed by atoms with Crippen LogP contribution < -0.4 is 16.2 Å². The average Bonchev–Trinajstić information content (AvgIpc) is 2.08. The van der Waals surface area contributed by atoms with Crippen molar-refractivity contribution < 1.29 is 0 Å². The van der Waals surface area contributed by atoms with Crippen LogP contribution in [0, 0.1) is 4.77 Å². The van der Waals surface area contributed by atoms with Gasteiger partial charge in [-0.25, -0.2) is 0 Å². The van der Waals surface area contributed by atoms with Gasteiger partial charge in [-0.2, -0.15) is 0 Å². The fraction of sp³-hybridized carbons (Fsp3) is 0.500. The smallest absolute Gasteiger partial charge is 0.277 e. The van der Waals surface area contributed by atoms with E-state index < -0.39 is 0 Å². The van der Waals surface area contributed by atoms with Crippen LogP contribution in [0.5, 0.6) is 0 Å². The molecule has 0 aromatic carbocycles. The summed E-state index contributed by atoms with van der Waals surface area (Å²) in [6, 6.07) is 0.475. The summed E-state index contributed by atoms with van der Waals surface area (Å²) in [4.78, 5) is 16.9. The lowest BCUT2D eigenvalue weighted by atomic mass is 10.1. The van der Waals surface area contributed by atoms with E-state index in [1.54, 1.807) is 0 Å². The molecule has 0 saturated carbocycles. The fourth-order valence-corrected chi connectivity index (χ4v) is 1.63. The number of nitrogens with one attached hydrogen (secondary N) is 4. The molecular weight excluding hydrogens is 200 g/mol. The predicted molar refractivity (Wildman–Crippen MR) is 58.4 cm³/mol. The van der Waals surface area contributed by atoms with E-state index in [4.69, 9.17) is 12.2 Å². The Labute approximate surface area is 85.9 Å². The summed E-state index contributed by atoms with van der Waals surface area (Å²) in [5.74, 6) is 0.671. The number of H-pyrrole nitrogens is 2. The molecule has 1 aromatic rings. The van der Waals surface area contributed by atoms with Gasteiger partial charge < -0.3 is 15.6 Å². The van der Waals surface area contributed by atoms with Crippen molar-refractivity contribution >= 4 is 23.7 Å². The van der Waals surface area contributed by atoms with Crippen molar-refractivity contribution in [2.45, 2.75) is 25.9 Å². The number of anilines is 2. The van der Waals surface area contributed by atoms with Gasteiger partial charge in [-0.05, 0) is 26.1 Å². The third kappa shape index (κ3) is 1.41. The van der Waals surface area contributed by atoms with Crippen molar-refractivity contribution in [3.8, 4) is 0 Å². The first kappa shape index (κ1) is 9.26. The Bertz CT molecular complexity index is 463. The molecule has 76 valence electrons. The summed E-state index contributed by atoms with van der Waals surface area (Å²) in [6.07, 6.45) is 0. The zero-order chi connectivity index (χ0) is 10.3. The second kappa shape index (κ2) is 3.13. The van der Waals surface area contributed by atoms with Gasteiger partial charge in [0.1, 0.15) is 11.5 Å². The summed E-state index contributed by atoms with van der Waals surface area (Å²) >= 11 is 4.87. The van der Waals surface area contributed by atoms with E-state index >= 15 is 0 Å². The molecule has 0 spiro atoms. The maximum absolute atomic E-state index is 11.5. The van der Waals surface area contributed by atoms with Gasteiger partial charge in [0.05, 0.1) is 0 Å². The van der Waals surface area contributed by atoms with E-state index in [-0.39, 0.29) is 17.6 Å².